The van der Waals surface area contributed by atoms with Crippen LogP contribution in [0.15, 0.2) is 30.5 Å². The molecule has 1 aliphatic rings. The van der Waals surface area contributed by atoms with Gasteiger partial charge >= 0.3 is 0 Å². The predicted octanol–water partition coefficient (Wildman–Crippen LogP) is 3.25. The van der Waals surface area contributed by atoms with Crippen LogP contribution < -0.4 is 19.1 Å². The summed E-state index contributed by atoms with van der Waals surface area (Å²) in [6.07, 6.45) is 1.77. The molecule has 1 aliphatic heterocycles. The Morgan fingerprint density at radius 1 is 0.871 bits per heavy atom. The highest BCUT2D eigenvalue weighted by Gasteiger charge is 2.23. The molecule has 31 heavy (non-hydrogen) atoms. The summed E-state index contributed by atoms with van der Waals surface area (Å²) in [5.74, 6) is 3.49. The first kappa shape index (κ1) is 21.1. The van der Waals surface area contributed by atoms with Crippen molar-refractivity contribution in [1.29, 1.82) is 0 Å². The Hall–Kier alpha value is -3.13. The monoisotopic (exact) mass is 423 g/mol. The van der Waals surface area contributed by atoms with Crippen molar-refractivity contribution in [1.82, 2.24) is 19.9 Å². The minimum atomic E-state index is 0.545. The molecule has 8 nitrogen and oxygen atoms in total. The number of fused-ring (bicyclic) bond motifs is 1. The average Bonchev–Trinajstić information content (AvgIpc) is 2.82. The van der Waals surface area contributed by atoms with Crippen LogP contribution in [0.2, 0.25) is 0 Å². The SMILES string of the molecule is COc1cc(OC)c2cnc(-c3ccc(OC)c(N4CCN(C(C)C)CC4)n3)nc2c1. The second kappa shape index (κ2) is 8.93. The van der Waals surface area contributed by atoms with Crippen molar-refractivity contribution in [3.63, 3.8) is 0 Å². The Morgan fingerprint density at radius 3 is 2.26 bits per heavy atom. The van der Waals surface area contributed by atoms with Gasteiger partial charge in [0.2, 0.25) is 0 Å². The third-order valence-corrected chi connectivity index (χ3v) is 5.72. The number of piperazine rings is 1. The fourth-order valence-electron chi connectivity index (χ4n) is 3.88. The first-order valence-electron chi connectivity index (χ1n) is 10.5. The molecule has 0 radical (unpaired) electrons. The van der Waals surface area contributed by atoms with Crippen LogP contribution in [0.1, 0.15) is 13.8 Å². The largest absolute Gasteiger partial charge is 0.497 e. The van der Waals surface area contributed by atoms with Gasteiger partial charge in [0.15, 0.2) is 17.4 Å². The molecule has 0 saturated carbocycles. The lowest BCUT2D eigenvalue weighted by Gasteiger charge is -2.37. The molecule has 8 heteroatoms. The number of hydrogen-bond donors (Lipinski definition) is 0. The molecule has 1 fully saturated rings. The Morgan fingerprint density at radius 2 is 1.61 bits per heavy atom. The molecule has 0 spiro atoms. The number of benzene rings is 1. The van der Waals surface area contributed by atoms with Gasteiger partial charge in [-0.15, -0.1) is 0 Å². The van der Waals surface area contributed by atoms with Crippen molar-refractivity contribution in [3.8, 4) is 28.8 Å². The van der Waals surface area contributed by atoms with Gasteiger partial charge in [0.05, 0.1) is 32.2 Å². The number of pyridine rings is 1. The van der Waals surface area contributed by atoms with E-state index >= 15 is 0 Å². The molecule has 0 unspecified atom stereocenters. The summed E-state index contributed by atoms with van der Waals surface area (Å²) in [6.45, 7) is 8.26. The second-order valence-corrected chi connectivity index (χ2v) is 7.80. The van der Waals surface area contributed by atoms with E-state index in [1.54, 1.807) is 27.5 Å². The number of aromatic nitrogens is 3. The van der Waals surface area contributed by atoms with Crippen LogP contribution in [0, 0.1) is 0 Å². The van der Waals surface area contributed by atoms with E-state index in [-0.39, 0.29) is 0 Å². The second-order valence-electron chi connectivity index (χ2n) is 7.80. The highest BCUT2D eigenvalue weighted by molar-refractivity contribution is 5.87. The fraction of sp³-hybridized carbons (Fsp3) is 0.435. The lowest BCUT2D eigenvalue weighted by molar-refractivity contribution is 0.208. The zero-order valence-electron chi connectivity index (χ0n) is 18.8. The lowest BCUT2D eigenvalue weighted by atomic mass is 10.2. The van der Waals surface area contributed by atoms with E-state index in [9.17, 15) is 0 Å². The molecule has 3 heterocycles. The lowest BCUT2D eigenvalue weighted by Crippen LogP contribution is -2.49. The third kappa shape index (κ3) is 4.20. The highest BCUT2D eigenvalue weighted by atomic mass is 16.5. The fourth-order valence-corrected chi connectivity index (χ4v) is 3.88. The van der Waals surface area contributed by atoms with Crippen molar-refractivity contribution in [3.05, 3.63) is 30.5 Å². The smallest absolute Gasteiger partial charge is 0.178 e. The van der Waals surface area contributed by atoms with Gasteiger partial charge < -0.3 is 19.1 Å². The molecule has 164 valence electrons. The van der Waals surface area contributed by atoms with Crippen LogP contribution in [0.4, 0.5) is 5.82 Å². The summed E-state index contributed by atoms with van der Waals surface area (Å²) in [4.78, 5) is 18.9. The van der Waals surface area contributed by atoms with Crippen LogP contribution in [-0.4, -0.2) is 73.4 Å². The van der Waals surface area contributed by atoms with E-state index in [1.807, 2.05) is 24.3 Å². The van der Waals surface area contributed by atoms with E-state index in [2.05, 4.69) is 28.6 Å². The van der Waals surface area contributed by atoms with E-state index < -0.39 is 0 Å². The molecule has 2 aromatic heterocycles. The number of ether oxygens (including phenoxy) is 3. The minimum absolute atomic E-state index is 0.545. The van der Waals surface area contributed by atoms with Gasteiger partial charge in [-0.1, -0.05) is 0 Å². The van der Waals surface area contributed by atoms with Crippen molar-refractivity contribution in [2.45, 2.75) is 19.9 Å². The maximum Gasteiger partial charge on any atom is 0.178 e. The first-order chi connectivity index (χ1) is 15.0. The average molecular weight is 424 g/mol. The van der Waals surface area contributed by atoms with Crippen LogP contribution in [-0.2, 0) is 0 Å². The number of hydrogen-bond acceptors (Lipinski definition) is 8. The molecule has 0 aliphatic carbocycles. The van der Waals surface area contributed by atoms with E-state index in [0.717, 1.165) is 48.6 Å². The summed E-state index contributed by atoms with van der Waals surface area (Å²) in [6, 6.07) is 8.07. The predicted molar refractivity (Wildman–Crippen MR) is 121 cm³/mol. The molecule has 0 N–H and O–H groups in total. The van der Waals surface area contributed by atoms with Crippen molar-refractivity contribution < 1.29 is 14.2 Å². The molecule has 4 rings (SSSR count). The summed E-state index contributed by atoms with van der Waals surface area (Å²) >= 11 is 0. The number of nitrogens with zero attached hydrogens (tertiary/aromatic N) is 5. The van der Waals surface area contributed by atoms with Crippen LogP contribution in [0.25, 0.3) is 22.4 Å². The van der Waals surface area contributed by atoms with Gasteiger partial charge in [-0.3, -0.25) is 4.90 Å². The molecule has 3 aromatic rings. The Bertz CT molecular complexity index is 1060. The quantitative estimate of drug-likeness (QED) is 0.598. The topological polar surface area (TPSA) is 72.8 Å². The Labute approximate surface area is 182 Å². The van der Waals surface area contributed by atoms with Crippen LogP contribution in [0.5, 0.6) is 17.2 Å². The molecular formula is C23H29N5O3. The maximum absolute atomic E-state index is 5.60. The van der Waals surface area contributed by atoms with Gasteiger partial charge in [0, 0.05) is 50.6 Å². The van der Waals surface area contributed by atoms with E-state index in [0.29, 0.717) is 29.1 Å². The molecule has 1 saturated heterocycles. The van der Waals surface area contributed by atoms with E-state index in [1.165, 1.54) is 0 Å². The summed E-state index contributed by atoms with van der Waals surface area (Å²) in [5.41, 5.74) is 1.44. The number of rotatable bonds is 6. The summed E-state index contributed by atoms with van der Waals surface area (Å²) in [7, 11) is 4.92. The molecule has 0 bridgehead atoms. The van der Waals surface area contributed by atoms with Gasteiger partial charge in [-0.05, 0) is 26.0 Å². The normalized spacial score (nSPS) is 14.8. The third-order valence-electron chi connectivity index (χ3n) is 5.72. The summed E-state index contributed by atoms with van der Waals surface area (Å²) in [5, 5.41) is 0.825. The molecule has 0 atom stereocenters. The zero-order valence-corrected chi connectivity index (χ0v) is 18.8. The van der Waals surface area contributed by atoms with Gasteiger partial charge in [-0.2, -0.15) is 0 Å². The standard InChI is InChI=1S/C23H29N5O3/c1-15(2)27-8-10-28(11-9-27)23-20(30-4)7-6-18(26-23)22-24-14-17-19(25-22)12-16(29-3)13-21(17)31-5/h6-7,12-15H,8-11H2,1-5H3. The molecule has 0 amide bonds. The molecular weight excluding hydrogens is 394 g/mol. The van der Waals surface area contributed by atoms with Crippen LogP contribution >= 0.6 is 0 Å². The first-order valence-corrected chi connectivity index (χ1v) is 10.5. The van der Waals surface area contributed by atoms with Crippen LogP contribution in [0.3, 0.4) is 0 Å². The number of anilines is 1. The van der Waals surface area contributed by atoms with E-state index in [4.69, 9.17) is 24.2 Å². The minimum Gasteiger partial charge on any atom is -0.497 e. The van der Waals surface area contributed by atoms with Gasteiger partial charge in [0.1, 0.15) is 17.2 Å². The van der Waals surface area contributed by atoms with Gasteiger partial charge in [0.25, 0.3) is 0 Å². The number of methoxy groups -OCH3 is 3. The summed E-state index contributed by atoms with van der Waals surface area (Å²) < 4.78 is 16.5. The Kier molecular flexibility index (Phi) is 6.08. The van der Waals surface area contributed by atoms with Gasteiger partial charge in [-0.25, -0.2) is 15.0 Å². The van der Waals surface area contributed by atoms with Crippen molar-refractivity contribution >= 4 is 16.7 Å². The Balaban J connectivity index is 1.70. The van der Waals surface area contributed by atoms with Crippen molar-refractivity contribution in [2.75, 3.05) is 52.4 Å². The highest BCUT2D eigenvalue weighted by Crippen LogP contribution is 2.33. The molecule has 1 aromatic carbocycles. The maximum atomic E-state index is 5.60. The van der Waals surface area contributed by atoms with Crippen molar-refractivity contribution in [2.24, 2.45) is 0 Å². The zero-order chi connectivity index (χ0) is 22.0.